The highest BCUT2D eigenvalue weighted by Gasteiger charge is 2.18. The molecule has 0 bridgehead atoms. The Hall–Kier alpha value is -1.76. The number of allylic oxidation sites excluding steroid dienone is 1. The van der Waals surface area contributed by atoms with Crippen LogP contribution in [0.25, 0.3) is 0 Å². The molecule has 0 unspecified atom stereocenters. The van der Waals surface area contributed by atoms with Gasteiger partial charge in [0.1, 0.15) is 17.4 Å². The zero-order chi connectivity index (χ0) is 16.8. The lowest BCUT2D eigenvalue weighted by Crippen LogP contribution is -2.38. The van der Waals surface area contributed by atoms with Gasteiger partial charge in [-0.3, -0.25) is 4.79 Å². The van der Waals surface area contributed by atoms with E-state index in [0.717, 1.165) is 12.1 Å². The third-order valence-corrected chi connectivity index (χ3v) is 4.32. The summed E-state index contributed by atoms with van der Waals surface area (Å²) in [7, 11) is -3.52. The standard InChI is InChI=1S/C15H19F2NO3S/c1-3-4-8-22(20,21)10-15(19)18-11(2)9-12-13(16)6-5-7-14(12)17/h3-7,11H,8-10H2,1-2H3,(H,18,19)/b4-3+/t11-/m0/s1. The fourth-order valence-corrected chi connectivity index (χ4v) is 2.99. The quantitative estimate of drug-likeness (QED) is 0.777. The topological polar surface area (TPSA) is 63.2 Å². The molecular formula is C15H19F2NO3S. The highest BCUT2D eigenvalue weighted by Crippen LogP contribution is 2.14. The lowest BCUT2D eigenvalue weighted by molar-refractivity contribution is -0.119. The Labute approximate surface area is 129 Å². The first-order valence-electron chi connectivity index (χ1n) is 6.79. The normalized spacial score (nSPS) is 13.3. The van der Waals surface area contributed by atoms with Crippen molar-refractivity contribution in [3.63, 3.8) is 0 Å². The SMILES string of the molecule is C/C=C/CS(=O)(=O)CC(=O)N[C@@H](C)Cc1c(F)cccc1F. The first-order valence-corrected chi connectivity index (χ1v) is 8.61. The molecule has 1 aromatic rings. The van der Waals surface area contributed by atoms with E-state index < -0.39 is 39.2 Å². The van der Waals surface area contributed by atoms with Gasteiger partial charge in [-0.2, -0.15) is 0 Å². The van der Waals surface area contributed by atoms with Crippen molar-refractivity contribution >= 4 is 15.7 Å². The van der Waals surface area contributed by atoms with E-state index in [0.29, 0.717) is 0 Å². The second-order valence-electron chi connectivity index (χ2n) is 5.00. The summed E-state index contributed by atoms with van der Waals surface area (Å²) in [5.74, 6) is -2.94. The van der Waals surface area contributed by atoms with Gasteiger partial charge in [0.25, 0.3) is 0 Å². The summed E-state index contributed by atoms with van der Waals surface area (Å²) in [6.07, 6.45) is 2.97. The molecule has 0 aliphatic rings. The van der Waals surface area contributed by atoms with Gasteiger partial charge in [0.05, 0.1) is 5.75 Å². The third-order valence-electron chi connectivity index (χ3n) is 2.92. The van der Waals surface area contributed by atoms with Crippen molar-refractivity contribution in [2.24, 2.45) is 0 Å². The van der Waals surface area contributed by atoms with Crippen LogP contribution >= 0.6 is 0 Å². The highest BCUT2D eigenvalue weighted by atomic mass is 32.2. The molecule has 1 rings (SSSR count). The summed E-state index contributed by atoms with van der Waals surface area (Å²) in [6, 6.07) is 2.93. The van der Waals surface area contributed by atoms with Gasteiger partial charge >= 0.3 is 0 Å². The van der Waals surface area contributed by atoms with Crippen LogP contribution in [0.1, 0.15) is 19.4 Å². The summed E-state index contributed by atoms with van der Waals surface area (Å²) in [6.45, 7) is 3.24. The zero-order valence-corrected chi connectivity index (χ0v) is 13.3. The van der Waals surface area contributed by atoms with E-state index in [2.05, 4.69) is 5.32 Å². The summed E-state index contributed by atoms with van der Waals surface area (Å²) in [5.41, 5.74) is -0.132. The molecule has 22 heavy (non-hydrogen) atoms. The molecule has 0 saturated heterocycles. The zero-order valence-electron chi connectivity index (χ0n) is 12.5. The van der Waals surface area contributed by atoms with Crippen LogP contribution in [0.5, 0.6) is 0 Å². The Balaban J connectivity index is 2.62. The van der Waals surface area contributed by atoms with E-state index in [1.807, 2.05) is 0 Å². The first-order chi connectivity index (χ1) is 10.2. The minimum atomic E-state index is -3.52. The van der Waals surface area contributed by atoms with Crippen molar-refractivity contribution in [1.29, 1.82) is 0 Å². The number of carbonyl (C=O) groups is 1. The molecule has 122 valence electrons. The molecule has 1 amide bonds. The first kappa shape index (κ1) is 18.3. The van der Waals surface area contributed by atoms with Crippen molar-refractivity contribution in [2.75, 3.05) is 11.5 Å². The van der Waals surface area contributed by atoms with Gasteiger partial charge in [0, 0.05) is 11.6 Å². The Morgan fingerprint density at radius 3 is 2.45 bits per heavy atom. The molecular weight excluding hydrogens is 312 g/mol. The lowest BCUT2D eigenvalue weighted by atomic mass is 10.1. The number of sulfone groups is 1. The smallest absolute Gasteiger partial charge is 0.235 e. The second-order valence-corrected chi connectivity index (χ2v) is 7.11. The average molecular weight is 331 g/mol. The van der Waals surface area contributed by atoms with E-state index in [9.17, 15) is 22.0 Å². The molecule has 1 aromatic carbocycles. The van der Waals surface area contributed by atoms with Gasteiger partial charge in [0.2, 0.25) is 5.91 Å². The Morgan fingerprint density at radius 1 is 1.32 bits per heavy atom. The largest absolute Gasteiger partial charge is 0.352 e. The molecule has 0 aromatic heterocycles. The predicted octanol–water partition coefficient (Wildman–Crippen LogP) is 2.00. The van der Waals surface area contributed by atoms with Crippen LogP contribution in [0.15, 0.2) is 30.4 Å². The summed E-state index contributed by atoms with van der Waals surface area (Å²) < 4.78 is 50.2. The molecule has 0 spiro atoms. The van der Waals surface area contributed by atoms with E-state index in [-0.39, 0.29) is 17.7 Å². The van der Waals surface area contributed by atoms with Crippen molar-refractivity contribution in [2.45, 2.75) is 26.3 Å². The van der Waals surface area contributed by atoms with E-state index >= 15 is 0 Å². The fourth-order valence-electron chi connectivity index (χ4n) is 1.90. The van der Waals surface area contributed by atoms with Crippen LogP contribution in [0.2, 0.25) is 0 Å². The van der Waals surface area contributed by atoms with Crippen molar-refractivity contribution in [1.82, 2.24) is 5.32 Å². The van der Waals surface area contributed by atoms with Crippen LogP contribution in [0, 0.1) is 11.6 Å². The molecule has 0 aliphatic heterocycles. The predicted molar refractivity (Wildman–Crippen MR) is 81.1 cm³/mol. The van der Waals surface area contributed by atoms with Gasteiger partial charge in [-0.15, -0.1) is 0 Å². The van der Waals surface area contributed by atoms with E-state index in [1.165, 1.54) is 12.1 Å². The van der Waals surface area contributed by atoms with E-state index in [1.54, 1.807) is 19.9 Å². The maximum atomic E-state index is 13.5. The van der Waals surface area contributed by atoms with Crippen LogP contribution in [-0.4, -0.2) is 31.9 Å². The van der Waals surface area contributed by atoms with Crippen molar-refractivity contribution in [3.8, 4) is 0 Å². The van der Waals surface area contributed by atoms with Crippen LogP contribution in [0.3, 0.4) is 0 Å². The average Bonchev–Trinajstić information content (AvgIpc) is 2.40. The number of halogens is 2. The molecule has 4 nitrogen and oxygen atoms in total. The minimum Gasteiger partial charge on any atom is -0.352 e. The number of nitrogens with one attached hydrogen (secondary N) is 1. The number of benzene rings is 1. The number of hydrogen-bond donors (Lipinski definition) is 1. The summed E-state index contributed by atoms with van der Waals surface area (Å²) in [5, 5.41) is 2.44. The maximum Gasteiger partial charge on any atom is 0.235 e. The third kappa shape index (κ3) is 5.93. The van der Waals surface area contributed by atoms with Crippen molar-refractivity contribution in [3.05, 3.63) is 47.5 Å². The number of rotatable bonds is 7. The summed E-state index contributed by atoms with van der Waals surface area (Å²) >= 11 is 0. The van der Waals surface area contributed by atoms with Crippen LogP contribution in [0.4, 0.5) is 8.78 Å². The molecule has 0 heterocycles. The van der Waals surface area contributed by atoms with Gasteiger partial charge in [-0.1, -0.05) is 18.2 Å². The Kier molecular flexibility index (Phi) is 6.67. The lowest BCUT2D eigenvalue weighted by Gasteiger charge is -2.15. The Bertz CT molecular complexity index is 637. The highest BCUT2D eigenvalue weighted by molar-refractivity contribution is 7.92. The molecule has 0 radical (unpaired) electrons. The number of amides is 1. The minimum absolute atomic E-state index is 0.0564. The summed E-state index contributed by atoms with van der Waals surface area (Å²) in [4.78, 5) is 11.7. The fraction of sp³-hybridized carbons (Fsp3) is 0.400. The molecule has 7 heteroatoms. The molecule has 0 saturated carbocycles. The van der Waals surface area contributed by atoms with Gasteiger partial charge in [-0.25, -0.2) is 17.2 Å². The van der Waals surface area contributed by atoms with Gasteiger partial charge in [-0.05, 0) is 32.4 Å². The maximum absolute atomic E-state index is 13.5. The molecule has 1 N–H and O–H groups in total. The van der Waals surface area contributed by atoms with Gasteiger partial charge in [0.15, 0.2) is 9.84 Å². The number of hydrogen-bond acceptors (Lipinski definition) is 3. The van der Waals surface area contributed by atoms with Crippen molar-refractivity contribution < 1.29 is 22.0 Å². The number of carbonyl (C=O) groups excluding carboxylic acids is 1. The van der Waals surface area contributed by atoms with Crippen LogP contribution < -0.4 is 5.32 Å². The van der Waals surface area contributed by atoms with Gasteiger partial charge < -0.3 is 5.32 Å². The molecule has 1 atom stereocenters. The molecule has 0 fully saturated rings. The second kappa shape index (κ2) is 8.03. The van der Waals surface area contributed by atoms with E-state index in [4.69, 9.17) is 0 Å². The molecule has 0 aliphatic carbocycles. The monoisotopic (exact) mass is 331 g/mol. The Morgan fingerprint density at radius 2 is 1.91 bits per heavy atom. The van der Waals surface area contributed by atoms with Crippen LogP contribution in [-0.2, 0) is 21.1 Å².